The Kier molecular flexibility index (Phi) is 2.57. The molecule has 0 atom stereocenters. The van der Waals surface area contributed by atoms with Gasteiger partial charge in [0.1, 0.15) is 0 Å². The molecule has 0 saturated heterocycles. The van der Waals surface area contributed by atoms with E-state index in [1.54, 1.807) is 16.7 Å². The number of rotatable bonds is 1. The smallest absolute Gasteiger partial charge is 0.258 e. The maximum atomic E-state index is 12.1. The fourth-order valence-corrected chi connectivity index (χ4v) is 2.30. The van der Waals surface area contributed by atoms with Gasteiger partial charge in [-0.25, -0.2) is 0 Å². The summed E-state index contributed by atoms with van der Waals surface area (Å²) < 4.78 is 0. The van der Waals surface area contributed by atoms with Gasteiger partial charge in [-0.3, -0.25) is 9.69 Å². The summed E-state index contributed by atoms with van der Waals surface area (Å²) in [5.74, 6) is 0.0573. The van der Waals surface area contributed by atoms with E-state index in [9.17, 15) is 4.79 Å². The first-order valence-corrected chi connectivity index (χ1v) is 5.72. The van der Waals surface area contributed by atoms with Gasteiger partial charge in [-0.15, -0.1) is 11.8 Å². The molecule has 3 heteroatoms. The van der Waals surface area contributed by atoms with Crippen LogP contribution in [0.3, 0.4) is 0 Å². The maximum Gasteiger partial charge on any atom is 0.258 e. The molecule has 1 heterocycles. The Labute approximate surface area is 94.0 Å². The van der Waals surface area contributed by atoms with Crippen molar-refractivity contribution in [2.24, 2.45) is 0 Å². The van der Waals surface area contributed by atoms with Crippen molar-refractivity contribution in [3.8, 4) is 0 Å². The Morgan fingerprint density at radius 3 is 2.47 bits per heavy atom. The van der Waals surface area contributed by atoms with Gasteiger partial charge in [-0.2, -0.15) is 0 Å². The highest BCUT2D eigenvalue weighted by Gasteiger charge is 2.33. The quantitative estimate of drug-likeness (QED) is 0.723. The molecular formula is C12H13NOS. The highest BCUT2D eigenvalue weighted by molar-refractivity contribution is 8.03. The average Bonchev–Trinajstić information content (AvgIpc) is 2.58. The summed E-state index contributed by atoms with van der Waals surface area (Å²) in [5.41, 5.74) is 0.734. The standard InChI is InChI=1S/C12H13NOS/c1-12(2)13(8-9-15-12)11(14)10-6-4-3-5-7-10/h3-9H,1-2H3. The van der Waals surface area contributed by atoms with E-state index >= 15 is 0 Å². The van der Waals surface area contributed by atoms with Crippen LogP contribution >= 0.6 is 11.8 Å². The van der Waals surface area contributed by atoms with E-state index in [-0.39, 0.29) is 10.8 Å². The lowest BCUT2D eigenvalue weighted by Crippen LogP contribution is -2.38. The van der Waals surface area contributed by atoms with Crippen LogP contribution in [-0.4, -0.2) is 15.7 Å². The third kappa shape index (κ3) is 1.92. The largest absolute Gasteiger partial charge is 0.300 e. The van der Waals surface area contributed by atoms with Gasteiger partial charge < -0.3 is 0 Å². The van der Waals surface area contributed by atoms with Gasteiger partial charge in [0.15, 0.2) is 0 Å². The van der Waals surface area contributed by atoms with E-state index in [2.05, 4.69) is 0 Å². The van der Waals surface area contributed by atoms with Gasteiger partial charge in [0.05, 0.1) is 4.87 Å². The Morgan fingerprint density at radius 2 is 1.93 bits per heavy atom. The van der Waals surface area contributed by atoms with Crippen LogP contribution in [0.15, 0.2) is 41.9 Å². The SMILES string of the molecule is CC1(C)SC=CN1C(=O)c1ccccc1. The fraction of sp³-hybridized carbons (Fsp3) is 0.250. The lowest BCUT2D eigenvalue weighted by Gasteiger charge is -2.29. The molecule has 1 aliphatic rings. The molecule has 1 aromatic rings. The summed E-state index contributed by atoms with van der Waals surface area (Å²) in [6.07, 6.45) is 1.85. The fourth-order valence-electron chi connectivity index (χ4n) is 1.53. The number of benzene rings is 1. The first-order chi connectivity index (χ1) is 7.11. The molecule has 78 valence electrons. The molecule has 0 N–H and O–H groups in total. The highest BCUT2D eigenvalue weighted by atomic mass is 32.2. The topological polar surface area (TPSA) is 20.3 Å². The van der Waals surface area contributed by atoms with E-state index in [0.717, 1.165) is 5.56 Å². The van der Waals surface area contributed by atoms with Gasteiger partial charge >= 0.3 is 0 Å². The highest BCUT2D eigenvalue weighted by Crippen LogP contribution is 2.36. The van der Waals surface area contributed by atoms with E-state index in [1.165, 1.54) is 0 Å². The molecule has 0 fully saturated rings. The molecule has 0 aromatic heterocycles. The average molecular weight is 219 g/mol. The lowest BCUT2D eigenvalue weighted by atomic mass is 10.2. The molecule has 0 saturated carbocycles. The van der Waals surface area contributed by atoms with Crippen LogP contribution in [0.4, 0.5) is 0 Å². The number of carbonyl (C=O) groups excluding carboxylic acids is 1. The first-order valence-electron chi connectivity index (χ1n) is 4.84. The summed E-state index contributed by atoms with van der Waals surface area (Å²) >= 11 is 1.66. The van der Waals surface area contributed by atoms with Crippen LogP contribution in [0.2, 0.25) is 0 Å². The monoisotopic (exact) mass is 219 g/mol. The number of hydrogen-bond donors (Lipinski definition) is 0. The normalized spacial score (nSPS) is 18.1. The third-order valence-electron chi connectivity index (χ3n) is 2.39. The molecule has 2 rings (SSSR count). The van der Waals surface area contributed by atoms with E-state index < -0.39 is 0 Å². The lowest BCUT2D eigenvalue weighted by molar-refractivity contribution is 0.0773. The van der Waals surface area contributed by atoms with Gasteiger partial charge in [0, 0.05) is 11.8 Å². The molecule has 0 radical (unpaired) electrons. The van der Waals surface area contributed by atoms with Crippen LogP contribution in [0.25, 0.3) is 0 Å². The summed E-state index contributed by atoms with van der Waals surface area (Å²) in [7, 11) is 0. The van der Waals surface area contributed by atoms with Crippen LogP contribution in [0, 0.1) is 0 Å². The molecular weight excluding hydrogens is 206 g/mol. The van der Waals surface area contributed by atoms with Crippen molar-refractivity contribution in [1.29, 1.82) is 0 Å². The van der Waals surface area contributed by atoms with Crippen molar-refractivity contribution >= 4 is 17.7 Å². The zero-order chi connectivity index (χ0) is 10.9. The predicted molar refractivity (Wildman–Crippen MR) is 63.4 cm³/mol. The molecule has 1 aliphatic heterocycles. The zero-order valence-electron chi connectivity index (χ0n) is 8.81. The summed E-state index contributed by atoms with van der Waals surface area (Å²) in [6.45, 7) is 4.08. The van der Waals surface area contributed by atoms with E-state index in [1.807, 2.05) is 55.8 Å². The third-order valence-corrected chi connectivity index (χ3v) is 3.42. The molecule has 1 aromatic carbocycles. The number of hydrogen-bond acceptors (Lipinski definition) is 2. The Bertz CT molecular complexity index is 397. The number of thioether (sulfide) groups is 1. The minimum Gasteiger partial charge on any atom is -0.300 e. The van der Waals surface area contributed by atoms with Gasteiger partial charge in [0.25, 0.3) is 5.91 Å². The Hall–Kier alpha value is -1.22. The molecule has 1 amide bonds. The van der Waals surface area contributed by atoms with E-state index in [4.69, 9.17) is 0 Å². The molecule has 0 unspecified atom stereocenters. The zero-order valence-corrected chi connectivity index (χ0v) is 9.62. The Balaban J connectivity index is 2.26. The minimum atomic E-state index is -0.174. The van der Waals surface area contributed by atoms with Crippen LogP contribution in [0.1, 0.15) is 24.2 Å². The molecule has 0 bridgehead atoms. The molecule has 0 aliphatic carbocycles. The number of amides is 1. The molecule has 0 spiro atoms. The second-order valence-corrected chi connectivity index (χ2v) is 5.40. The number of carbonyl (C=O) groups is 1. The van der Waals surface area contributed by atoms with Gasteiger partial charge in [0.2, 0.25) is 0 Å². The molecule has 15 heavy (non-hydrogen) atoms. The predicted octanol–water partition coefficient (Wildman–Crippen LogP) is 3.08. The van der Waals surface area contributed by atoms with E-state index in [0.29, 0.717) is 0 Å². The second-order valence-electron chi connectivity index (χ2n) is 3.89. The van der Waals surface area contributed by atoms with Crippen LogP contribution in [0.5, 0.6) is 0 Å². The van der Waals surface area contributed by atoms with Crippen molar-refractivity contribution in [1.82, 2.24) is 4.90 Å². The van der Waals surface area contributed by atoms with Crippen LogP contribution in [-0.2, 0) is 0 Å². The van der Waals surface area contributed by atoms with Crippen molar-refractivity contribution in [3.63, 3.8) is 0 Å². The maximum absolute atomic E-state index is 12.1. The Morgan fingerprint density at radius 1 is 1.27 bits per heavy atom. The first kappa shape index (κ1) is 10.3. The van der Waals surface area contributed by atoms with Crippen molar-refractivity contribution < 1.29 is 4.79 Å². The summed E-state index contributed by atoms with van der Waals surface area (Å²) in [6, 6.07) is 9.36. The van der Waals surface area contributed by atoms with Gasteiger partial charge in [-0.1, -0.05) is 18.2 Å². The van der Waals surface area contributed by atoms with Crippen LogP contribution < -0.4 is 0 Å². The van der Waals surface area contributed by atoms with Crippen molar-refractivity contribution in [2.45, 2.75) is 18.7 Å². The summed E-state index contributed by atoms with van der Waals surface area (Å²) in [5, 5.41) is 1.96. The van der Waals surface area contributed by atoms with Crippen molar-refractivity contribution in [3.05, 3.63) is 47.5 Å². The van der Waals surface area contributed by atoms with Crippen molar-refractivity contribution in [2.75, 3.05) is 0 Å². The van der Waals surface area contributed by atoms with Gasteiger partial charge in [-0.05, 0) is 31.4 Å². The molecule has 2 nitrogen and oxygen atoms in total. The number of nitrogens with zero attached hydrogens (tertiary/aromatic N) is 1. The minimum absolute atomic E-state index is 0.0573. The second kappa shape index (κ2) is 3.74. The summed E-state index contributed by atoms with van der Waals surface area (Å²) in [4.78, 5) is 13.7.